The lowest BCUT2D eigenvalue weighted by Gasteiger charge is -2.11. The minimum absolute atomic E-state index is 0.203. The van der Waals surface area contributed by atoms with Crippen molar-refractivity contribution < 1.29 is 4.42 Å². The van der Waals surface area contributed by atoms with Crippen LogP contribution in [0, 0.1) is 6.92 Å². The number of hydrogen-bond acceptors (Lipinski definition) is 3. The zero-order valence-corrected chi connectivity index (χ0v) is 11.8. The van der Waals surface area contributed by atoms with Crippen molar-refractivity contribution in [3.8, 4) is 0 Å². The highest BCUT2D eigenvalue weighted by atomic mass is 35.5. The molecule has 2 N–H and O–H groups in total. The summed E-state index contributed by atoms with van der Waals surface area (Å²) in [6, 6.07) is 11.9. The van der Waals surface area contributed by atoms with Gasteiger partial charge < -0.3 is 10.2 Å². The van der Waals surface area contributed by atoms with Crippen LogP contribution in [0.2, 0.25) is 5.02 Å². The van der Waals surface area contributed by atoms with Crippen LogP contribution in [0.4, 0.5) is 0 Å². The van der Waals surface area contributed by atoms with E-state index in [1.807, 2.05) is 43.3 Å². The first kappa shape index (κ1) is 13.5. The van der Waals surface area contributed by atoms with E-state index >= 15 is 0 Å². The van der Waals surface area contributed by atoms with Crippen molar-refractivity contribution in [1.82, 2.24) is 0 Å². The SMILES string of the molecule is Cc1ccc(C(CN)SCc2ccc(Cl)cc2)o1. The fourth-order valence-electron chi connectivity index (χ4n) is 1.67. The molecule has 2 nitrogen and oxygen atoms in total. The van der Waals surface area contributed by atoms with Crippen molar-refractivity contribution >= 4 is 23.4 Å². The van der Waals surface area contributed by atoms with E-state index in [4.69, 9.17) is 21.8 Å². The zero-order valence-electron chi connectivity index (χ0n) is 10.2. The van der Waals surface area contributed by atoms with E-state index in [0.717, 1.165) is 22.3 Å². The van der Waals surface area contributed by atoms with E-state index in [9.17, 15) is 0 Å². The Labute approximate surface area is 117 Å². The largest absolute Gasteiger partial charge is 0.465 e. The summed E-state index contributed by atoms with van der Waals surface area (Å²) in [7, 11) is 0. The maximum absolute atomic E-state index is 5.86. The number of thioether (sulfide) groups is 1. The van der Waals surface area contributed by atoms with Gasteiger partial charge >= 0.3 is 0 Å². The van der Waals surface area contributed by atoms with Crippen LogP contribution in [-0.2, 0) is 5.75 Å². The fraction of sp³-hybridized carbons (Fsp3) is 0.286. The number of rotatable bonds is 5. The second kappa shape index (κ2) is 6.32. The fourth-order valence-corrected chi connectivity index (χ4v) is 2.81. The van der Waals surface area contributed by atoms with Crippen molar-refractivity contribution in [3.05, 3.63) is 58.5 Å². The highest BCUT2D eigenvalue weighted by molar-refractivity contribution is 7.98. The maximum Gasteiger partial charge on any atom is 0.118 e. The van der Waals surface area contributed by atoms with Crippen molar-refractivity contribution in [2.45, 2.75) is 17.9 Å². The Morgan fingerprint density at radius 2 is 1.94 bits per heavy atom. The molecule has 0 fully saturated rings. The van der Waals surface area contributed by atoms with Crippen molar-refractivity contribution in [3.63, 3.8) is 0 Å². The van der Waals surface area contributed by atoms with Gasteiger partial charge in [-0.05, 0) is 36.8 Å². The summed E-state index contributed by atoms with van der Waals surface area (Å²) in [6.45, 7) is 2.52. The molecule has 1 heterocycles. The molecule has 1 atom stereocenters. The van der Waals surface area contributed by atoms with Gasteiger partial charge in [-0.25, -0.2) is 0 Å². The minimum Gasteiger partial charge on any atom is -0.465 e. The van der Waals surface area contributed by atoms with Crippen molar-refractivity contribution in [2.24, 2.45) is 5.73 Å². The van der Waals surface area contributed by atoms with Crippen molar-refractivity contribution in [1.29, 1.82) is 0 Å². The summed E-state index contributed by atoms with van der Waals surface area (Å²) in [5.41, 5.74) is 7.04. The number of aryl methyl sites for hydroxylation is 1. The molecule has 2 aromatic rings. The van der Waals surface area contributed by atoms with E-state index in [1.54, 1.807) is 11.8 Å². The Morgan fingerprint density at radius 3 is 2.50 bits per heavy atom. The maximum atomic E-state index is 5.86. The van der Waals surface area contributed by atoms with Gasteiger partial charge in [-0.15, -0.1) is 11.8 Å². The predicted molar refractivity (Wildman–Crippen MR) is 78.0 cm³/mol. The lowest BCUT2D eigenvalue weighted by atomic mass is 10.2. The molecule has 0 aliphatic rings. The molecule has 1 aromatic heterocycles. The van der Waals surface area contributed by atoms with Gasteiger partial charge in [0, 0.05) is 17.3 Å². The number of benzene rings is 1. The van der Waals surface area contributed by atoms with Crippen LogP contribution >= 0.6 is 23.4 Å². The number of hydrogen-bond donors (Lipinski definition) is 1. The van der Waals surface area contributed by atoms with Crippen LogP contribution in [0.15, 0.2) is 40.8 Å². The first-order chi connectivity index (χ1) is 8.69. The van der Waals surface area contributed by atoms with Gasteiger partial charge in [-0.3, -0.25) is 0 Å². The topological polar surface area (TPSA) is 39.2 Å². The smallest absolute Gasteiger partial charge is 0.118 e. The normalized spacial score (nSPS) is 12.6. The summed E-state index contributed by atoms with van der Waals surface area (Å²) in [5, 5.41) is 0.968. The second-order valence-corrected chi connectivity index (χ2v) is 5.74. The number of halogens is 1. The van der Waals surface area contributed by atoms with Gasteiger partial charge in [0.25, 0.3) is 0 Å². The molecule has 1 unspecified atom stereocenters. The standard InChI is InChI=1S/C14H16ClNOS/c1-10-2-7-13(17-10)14(8-16)18-9-11-3-5-12(15)6-4-11/h2-7,14H,8-9,16H2,1H3. The Balaban J connectivity index is 1.97. The van der Waals surface area contributed by atoms with E-state index in [1.165, 1.54) is 5.56 Å². The zero-order chi connectivity index (χ0) is 13.0. The summed E-state index contributed by atoms with van der Waals surface area (Å²) >= 11 is 7.64. The summed E-state index contributed by atoms with van der Waals surface area (Å²) in [6.07, 6.45) is 0. The molecule has 4 heteroatoms. The monoisotopic (exact) mass is 281 g/mol. The molecule has 0 aliphatic carbocycles. The Kier molecular flexibility index (Phi) is 4.75. The summed E-state index contributed by atoms with van der Waals surface area (Å²) < 4.78 is 5.62. The number of furan rings is 1. The van der Waals surface area contributed by atoms with Crippen LogP contribution in [0.5, 0.6) is 0 Å². The van der Waals surface area contributed by atoms with E-state index < -0.39 is 0 Å². The van der Waals surface area contributed by atoms with Gasteiger partial charge in [0.15, 0.2) is 0 Å². The molecule has 0 saturated carbocycles. The van der Waals surface area contributed by atoms with E-state index in [2.05, 4.69) is 0 Å². The highest BCUT2D eigenvalue weighted by Gasteiger charge is 2.14. The Bertz CT molecular complexity index is 495. The van der Waals surface area contributed by atoms with Gasteiger partial charge in [-0.1, -0.05) is 23.7 Å². The van der Waals surface area contributed by atoms with Crippen LogP contribution < -0.4 is 5.73 Å². The molecular formula is C14H16ClNOS. The van der Waals surface area contributed by atoms with E-state index in [-0.39, 0.29) is 5.25 Å². The molecular weight excluding hydrogens is 266 g/mol. The summed E-state index contributed by atoms with van der Waals surface area (Å²) in [5.74, 6) is 2.78. The van der Waals surface area contributed by atoms with Crippen molar-refractivity contribution in [2.75, 3.05) is 6.54 Å². The lowest BCUT2D eigenvalue weighted by molar-refractivity contribution is 0.481. The quantitative estimate of drug-likeness (QED) is 0.894. The van der Waals surface area contributed by atoms with Crippen LogP contribution in [0.1, 0.15) is 22.3 Å². The third kappa shape index (κ3) is 3.55. The van der Waals surface area contributed by atoms with Crippen LogP contribution in [-0.4, -0.2) is 6.54 Å². The summed E-state index contributed by atoms with van der Waals surface area (Å²) in [4.78, 5) is 0. The molecule has 1 aromatic carbocycles. The van der Waals surface area contributed by atoms with Gasteiger partial charge in [0.2, 0.25) is 0 Å². The van der Waals surface area contributed by atoms with Gasteiger partial charge in [0.05, 0.1) is 5.25 Å². The molecule has 0 amide bonds. The lowest BCUT2D eigenvalue weighted by Crippen LogP contribution is -2.08. The molecule has 0 bridgehead atoms. The van der Waals surface area contributed by atoms with Crippen LogP contribution in [0.3, 0.4) is 0 Å². The third-order valence-corrected chi connectivity index (χ3v) is 4.24. The predicted octanol–water partition coefficient (Wildman–Crippen LogP) is 4.17. The van der Waals surface area contributed by atoms with E-state index in [0.29, 0.717) is 6.54 Å². The van der Waals surface area contributed by atoms with Gasteiger partial charge in [0.1, 0.15) is 11.5 Å². The first-order valence-electron chi connectivity index (χ1n) is 5.81. The highest BCUT2D eigenvalue weighted by Crippen LogP contribution is 2.31. The molecule has 0 saturated heterocycles. The third-order valence-electron chi connectivity index (χ3n) is 2.66. The molecule has 0 aliphatic heterocycles. The Morgan fingerprint density at radius 1 is 1.22 bits per heavy atom. The molecule has 96 valence electrons. The Hall–Kier alpha value is -0.900. The average molecular weight is 282 g/mol. The first-order valence-corrected chi connectivity index (χ1v) is 7.24. The molecule has 2 rings (SSSR count). The van der Waals surface area contributed by atoms with Crippen LogP contribution in [0.25, 0.3) is 0 Å². The minimum atomic E-state index is 0.203. The second-order valence-electron chi connectivity index (χ2n) is 4.11. The van der Waals surface area contributed by atoms with Gasteiger partial charge in [-0.2, -0.15) is 0 Å². The molecule has 0 radical (unpaired) electrons. The molecule has 18 heavy (non-hydrogen) atoms. The number of nitrogens with two attached hydrogens (primary N) is 1. The average Bonchev–Trinajstić information content (AvgIpc) is 2.79. The molecule has 0 spiro atoms.